The number of hydrogen-bond acceptors (Lipinski definition) is 3. The zero-order chi connectivity index (χ0) is 11.4. The van der Waals surface area contributed by atoms with Crippen molar-refractivity contribution in [3.63, 3.8) is 0 Å². The molecule has 1 saturated heterocycles. The Morgan fingerprint density at radius 2 is 2.25 bits per heavy atom. The van der Waals surface area contributed by atoms with Crippen molar-refractivity contribution in [3.05, 3.63) is 0 Å². The molecule has 0 amide bonds. The van der Waals surface area contributed by atoms with Crippen LogP contribution in [0.3, 0.4) is 0 Å². The minimum Gasteiger partial charge on any atom is -0.376 e. The molecule has 94 valence electrons. The molecule has 0 aromatic heterocycles. The summed E-state index contributed by atoms with van der Waals surface area (Å²) in [5.41, 5.74) is 0. The highest BCUT2D eigenvalue weighted by Crippen LogP contribution is 2.28. The summed E-state index contributed by atoms with van der Waals surface area (Å²) in [6.45, 7) is 6.61. The van der Waals surface area contributed by atoms with E-state index in [1.165, 1.54) is 32.2 Å². The quantitative estimate of drug-likeness (QED) is 0.786. The molecule has 16 heavy (non-hydrogen) atoms. The van der Waals surface area contributed by atoms with Gasteiger partial charge < -0.3 is 10.1 Å². The number of morpholine rings is 1. The van der Waals surface area contributed by atoms with Crippen molar-refractivity contribution in [3.8, 4) is 0 Å². The van der Waals surface area contributed by atoms with E-state index < -0.39 is 0 Å². The maximum atomic E-state index is 5.57. The van der Waals surface area contributed by atoms with Crippen LogP contribution in [0.25, 0.3) is 0 Å². The third kappa shape index (κ3) is 3.19. The minimum absolute atomic E-state index is 0.428. The summed E-state index contributed by atoms with van der Waals surface area (Å²) < 4.78 is 5.57. The fourth-order valence-corrected chi connectivity index (χ4v) is 3.20. The number of nitrogens with zero attached hydrogens (tertiary/aromatic N) is 1. The molecule has 0 aromatic carbocycles. The van der Waals surface area contributed by atoms with Gasteiger partial charge >= 0.3 is 0 Å². The summed E-state index contributed by atoms with van der Waals surface area (Å²) in [4.78, 5) is 2.57. The smallest absolute Gasteiger partial charge is 0.0674 e. The van der Waals surface area contributed by atoms with Gasteiger partial charge in [0.2, 0.25) is 0 Å². The van der Waals surface area contributed by atoms with Crippen LogP contribution < -0.4 is 5.32 Å². The van der Waals surface area contributed by atoms with E-state index in [0.717, 1.165) is 31.7 Å². The zero-order valence-electron chi connectivity index (χ0n) is 10.7. The molecule has 2 fully saturated rings. The summed E-state index contributed by atoms with van der Waals surface area (Å²) >= 11 is 0. The standard InChI is InChI=1S/C13H26N2O/c1-11-10-15(8-9-16-11)7-6-12-4-3-5-13(12)14-2/h11-14H,3-10H2,1-2H3. The molecule has 3 atom stereocenters. The third-order valence-electron chi connectivity index (χ3n) is 4.17. The molecular weight excluding hydrogens is 200 g/mol. The first-order valence-electron chi connectivity index (χ1n) is 6.81. The van der Waals surface area contributed by atoms with E-state index in [-0.39, 0.29) is 0 Å². The van der Waals surface area contributed by atoms with E-state index >= 15 is 0 Å². The first kappa shape index (κ1) is 12.3. The summed E-state index contributed by atoms with van der Waals surface area (Å²) in [6, 6.07) is 0.776. The van der Waals surface area contributed by atoms with E-state index in [1.54, 1.807) is 0 Å². The SMILES string of the molecule is CNC1CCCC1CCN1CCOC(C)C1. The number of rotatable bonds is 4. The Hall–Kier alpha value is -0.120. The van der Waals surface area contributed by atoms with Gasteiger partial charge in [-0.05, 0) is 45.7 Å². The van der Waals surface area contributed by atoms with Gasteiger partial charge in [0.25, 0.3) is 0 Å². The Kier molecular flexibility index (Phi) is 4.62. The molecular formula is C13H26N2O. The molecule has 0 aromatic rings. The second kappa shape index (κ2) is 5.99. The average molecular weight is 226 g/mol. The van der Waals surface area contributed by atoms with Crippen LogP contribution in [0.4, 0.5) is 0 Å². The molecule has 1 saturated carbocycles. The van der Waals surface area contributed by atoms with Crippen LogP contribution >= 0.6 is 0 Å². The first-order valence-corrected chi connectivity index (χ1v) is 6.81. The van der Waals surface area contributed by atoms with Gasteiger partial charge in [0.15, 0.2) is 0 Å². The summed E-state index contributed by atoms with van der Waals surface area (Å²) in [6.07, 6.45) is 6.00. The van der Waals surface area contributed by atoms with Gasteiger partial charge in [0, 0.05) is 19.1 Å². The van der Waals surface area contributed by atoms with Crippen molar-refractivity contribution < 1.29 is 4.74 Å². The molecule has 3 heteroatoms. The Morgan fingerprint density at radius 3 is 3.00 bits per heavy atom. The lowest BCUT2D eigenvalue weighted by atomic mass is 9.99. The zero-order valence-corrected chi connectivity index (χ0v) is 10.7. The Bertz CT molecular complexity index is 210. The normalized spacial score (nSPS) is 36.8. The fraction of sp³-hybridized carbons (Fsp3) is 1.00. The Morgan fingerprint density at radius 1 is 1.38 bits per heavy atom. The monoisotopic (exact) mass is 226 g/mol. The maximum Gasteiger partial charge on any atom is 0.0674 e. The lowest BCUT2D eigenvalue weighted by molar-refractivity contribution is -0.0198. The number of ether oxygens (including phenoxy) is 1. The third-order valence-corrected chi connectivity index (χ3v) is 4.17. The van der Waals surface area contributed by atoms with E-state index in [9.17, 15) is 0 Å². The molecule has 1 aliphatic heterocycles. The maximum absolute atomic E-state index is 5.57. The highest BCUT2D eigenvalue weighted by atomic mass is 16.5. The van der Waals surface area contributed by atoms with Crippen LogP contribution in [0.1, 0.15) is 32.6 Å². The van der Waals surface area contributed by atoms with Gasteiger partial charge in [-0.3, -0.25) is 4.90 Å². The second-order valence-electron chi connectivity index (χ2n) is 5.36. The number of hydrogen-bond donors (Lipinski definition) is 1. The van der Waals surface area contributed by atoms with Crippen LogP contribution in [0.15, 0.2) is 0 Å². The highest BCUT2D eigenvalue weighted by Gasteiger charge is 2.26. The molecule has 0 spiro atoms. The first-order chi connectivity index (χ1) is 7.79. The molecule has 2 rings (SSSR count). The molecule has 3 unspecified atom stereocenters. The van der Waals surface area contributed by atoms with E-state index in [2.05, 4.69) is 24.2 Å². The minimum atomic E-state index is 0.428. The summed E-state index contributed by atoms with van der Waals surface area (Å²) in [7, 11) is 2.11. The van der Waals surface area contributed by atoms with Crippen LogP contribution in [-0.4, -0.2) is 50.3 Å². The molecule has 1 N–H and O–H groups in total. The van der Waals surface area contributed by atoms with Crippen LogP contribution in [0, 0.1) is 5.92 Å². The van der Waals surface area contributed by atoms with Gasteiger partial charge in [0.1, 0.15) is 0 Å². The van der Waals surface area contributed by atoms with Crippen molar-refractivity contribution in [1.29, 1.82) is 0 Å². The summed E-state index contributed by atoms with van der Waals surface area (Å²) in [5, 5.41) is 3.47. The van der Waals surface area contributed by atoms with Gasteiger partial charge in [-0.15, -0.1) is 0 Å². The van der Waals surface area contributed by atoms with E-state index in [0.29, 0.717) is 6.10 Å². The Balaban J connectivity index is 1.70. The average Bonchev–Trinajstić information content (AvgIpc) is 2.74. The van der Waals surface area contributed by atoms with Crippen molar-refractivity contribution in [2.45, 2.75) is 44.8 Å². The van der Waals surface area contributed by atoms with Crippen molar-refractivity contribution in [2.24, 2.45) is 5.92 Å². The van der Waals surface area contributed by atoms with Crippen LogP contribution in [0.5, 0.6) is 0 Å². The molecule has 1 heterocycles. The molecule has 3 nitrogen and oxygen atoms in total. The summed E-state index contributed by atoms with van der Waals surface area (Å²) in [5.74, 6) is 0.906. The predicted molar refractivity (Wildman–Crippen MR) is 66.7 cm³/mol. The number of nitrogens with one attached hydrogen (secondary N) is 1. The van der Waals surface area contributed by atoms with Gasteiger partial charge in [0.05, 0.1) is 12.7 Å². The molecule has 0 bridgehead atoms. The van der Waals surface area contributed by atoms with Gasteiger partial charge in [-0.25, -0.2) is 0 Å². The van der Waals surface area contributed by atoms with E-state index in [1.807, 2.05) is 0 Å². The lowest BCUT2D eigenvalue weighted by Gasteiger charge is -2.32. The lowest BCUT2D eigenvalue weighted by Crippen LogP contribution is -2.42. The van der Waals surface area contributed by atoms with Crippen molar-refractivity contribution >= 4 is 0 Å². The van der Waals surface area contributed by atoms with Crippen molar-refractivity contribution in [1.82, 2.24) is 10.2 Å². The van der Waals surface area contributed by atoms with Crippen LogP contribution in [0.2, 0.25) is 0 Å². The highest BCUT2D eigenvalue weighted by molar-refractivity contribution is 4.83. The van der Waals surface area contributed by atoms with Crippen molar-refractivity contribution in [2.75, 3.05) is 33.3 Å². The molecule has 2 aliphatic rings. The largest absolute Gasteiger partial charge is 0.376 e. The second-order valence-corrected chi connectivity index (χ2v) is 5.36. The fourth-order valence-electron chi connectivity index (χ4n) is 3.20. The molecule has 0 radical (unpaired) electrons. The van der Waals surface area contributed by atoms with Crippen LogP contribution in [-0.2, 0) is 4.74 Å². The molecule has 1 aliphatic carbocycles. The predicted octanol–water partition coefficient (Wildman–Crippen LogP) is 1.49. The van der Waals surface area contributed by atoms with Gasteiger partial charge in [-0.1, -0.05) is 6.42 Å². The topological polar surface area (TPSA) is 24.5 Å². The Labute approximate surface area is 99.5 Å². The van der Waals surface area contributed by atoms with E-state index in [4.69, 9.17) is 4.74 Å². The van der Waals surface area contributed by atoms with Gasteiger partial charge in [-0.2, -0.15) is 0 Å².